The summed E-state index contributed by atoms with van der Waals surface area (Å²) in [6.45, 7) is 2.79. The molecule has 4 aromatic rings. The molecular formula is C19H16N4O3S. The van der Waals surface area contributed by atoms with Gasteiger partial charge in [0.1, 0.15) is 19.0 Å². The second kappa shape index (κ2) is 6.55. The quantitative estimate of drug-likeness (QED) is 0.539. The van der Waals surface area contributed by atoms with E-state index in [1.165, 1.54) is 16.9 Å². The fourth-order valence-electron chi connectivity index (χ4n) is 2.86. The van der Waals surface area contributed by atoms with Gasteiger partial charge in [-0.25, -0.2) is 0 Å². The SMILES string of the molecule is Cc1ccc(OCc2nn3c([C@H]4COc5ccccc5O4)nnc3s2)cc1. The summed E-state index contributed by atoms with van der Waals surface area (Å²) < 4.78 is 19.3. The standard InChI is InChI=1S/C19H16N4O3S/c1-12-6-8-13(9-7-12)24-11-17-22-23-18(20-21-19(23)27-17)16-10-25-14-4-2-3-5-15(14)26-16/h2-9,16H,10-11H2,1H3/t16-/m1/s1. The second-order valence-corrected chi connectivity index (χ2v) is 7.25. The van der Waals surface area contributed by atoms with Crippen molar-refractivity contribution in [3.05, 3.63) is 64.9 Å². The van der Waals surface area contributed by atoms with E-state index in [4.69, 9.17) is 14.2 Å². The highest BCUT2D eigenvalue weighted by Gasteiger charge is 2.28. The predicted molar refractivity (Wildman–Crippen MR) is 99.5 cm³/mol. The van der Waals surface area contributed by atoms with E-state index in [0.29, 0.717) is 29.7 Å². The number of hydrogen-bond acceptors (Lipinski definition) is 7. The van der Waals surface area contributed by atoms with Gasteiger partial charge in [-0.05, 0) is 31.2 Å². The molecule has 0 spiro atoms. The summed E-state index contributed by atoms with van der Waals surface area (Å²) in [6, 6.07) is 15.5. The van der Waals surface area contributed by atoms with Crippen LogP contribution in [0.1, 0.15) is 22.5 Å². The van der Waals surface area contributed by atoms with Crippen LogP contribution in [0, 0.1) is 6.92 Å². The van der Waals surface area contributed by atoms with Gasteiger partial charge in [0, 0.05) is 0 Å². The van der Waals surface area contributed by atoms with Crippen molar-refractivity contribution in [3.63, 3.8) is 0 Å². The molecule has 0 saturated carbocycles. The summed E-state index contributed by atoms with van der Waals surface area (Å²) >= 11 is 1.45. The van der Waals surface area contributed by atoms with Crippen molar-refractivity contribution in [2.24, 2.45) is 0 Å². The molecule has 0 bridgehead atoms. The van der Waals surface area contributed by atoms with E-state index in [-0.39, 0.29) is 6.10 Å². The smallest absolute Gasteiger partial charge is 0.234 e. The Morgan fingerprint density at radius 1 is 1.11 bits per heavy atom. The van der Waals surface area contributed by atoms with Crippen LogP contribution in [-0.4, -0.2) is 26.4 Å². The van der Waals surface area contributed by atoms with Crippen molar-refractivity contribution >= 4 is 16.3 Å². The molecule has 0 amide bonds. The zero-order valence-corrected chi connectivity index (χ0v) is 15.3. The number of fused-ring (bicyclic) bond motifs is 2. The Bertz CT molecular complexity index is 1090. The van der Waals surface area contributed by atoms with E-state index >= 15 is 0 Å². The third-order valence-electron chi connectivity index (χ3n) is 4.24. The molecule has 2 aromatic carbocycles. The molecule has 5 rings (SSSR count). The van der Waals surface area contributed by atoms with Crippen LogP contribution in [0.4, 0.5) is 0 Å². The second-order valence-electron chi connectivity index (χ2n) is 6.21. The van der Waals surface area contributed by atoms with Crippen molar-refractivity contribution in [1.29, 1.82) is 0 Å². The Balaban J connectivity index is 1.35. The number of aromatic nitrogens is 4. The first-order valence-electron chi connectivity index (χ1n) is 8.55. The van der Waals surface area contributed by atoms with Gasteiger partial charge < -0.3 is 14.2 Å². The largest absolute Gasteiger partial charge is 0.486 e. The number of aryl methyl sites for hydroxylation is 1. The molecule has 1 aliphatic rings. The van der Waals surface area contributed by atoms with E-state index in [1.807, 2.05) is 55.5 Å². The summed E-state index contributed by atoms with van der Waals surface area (Å²) in [7, 11) is 0. The fraction of sp³-hybridized carbons (Fsp3) is 0.211. The summed E-state index contributed by atoms with van der Waals surface area (Å²) in [6.07, 6.45) is -0.358. The number of benzene rings is 2. The molecule has 0 aliphatic carbocycles. The van der Waals surface area contributed by atoms with Crippen molar-refractivity contribution in [2.75, 3.05) is 6.61 Å². The van der Waals surface area contributed by atoms with Gasteiger partial charge in [-0.15, -0.1) is 10.2 Å². The van der Waals surface area contributed by atoms with Crippen LogP contribution in [0.5, 0.6) is 17.2 Å². The molecule has 0 saturated heterocycles. The van der Waals surface area contributed by atoms with E-state index < -0.39 is 0 Å². The van der Waals surface area contributed by atoms with Crippen LogP contribution in [0.25, 0.3) is 4.96 Å². The van der Waals surface area contributed by atoms with Crippen LogP contribution < -0.4 is 14.2 Å². The average Bonchev–Trinajstić information content (AvgIpc) is 3.27. The van der Waals surface area contributed by atoms with Crippen LogP contribution in [0.15, 0.2) is 48.5 Å². The van der Waals surface area contributed by atoms with Crippen molar-refractivity contribution in [1.82, 2.24) is 19.8 Å². The maximum atomic E-state index is 6.02. The molecule has 0 fully saturated rings. The van der Waals surface area contributed by atoms with E-state index in [0.717, 1.165) is 16.5 Å². The molecule has 136 valence electrons. The van der Waals surface area contributed by atoms with Crippen molar-refractivity contribution < 1.29 is 14.2 Å². The Hall–Kier alpha value is -3.13. The summed E-state index contributed by atoms with van der Waals surface area (Å²) in [5.74, 6) is 2.87. The molecular weight excluding hydrogens is 364 g/mol. The van der Waals surface area contributed by atoms with Crippen molar-refractivity contribution in [3.8, 4) is 17.2 Å². The minimum atomic E-state index is -0.358. The highest BCUT2D eigenvalue weighted by Crippen LogP contribution is 2.35. The van der Waals surface area contributed by atoms with E-state index in [1.54, 1.807) is 4.52 Å². The fourth-order valence-corrected chi connectivity index (χ4v) is 3.61. The van der Waals surface area contributed by atoms with Gasteiger partial charge in [0.05, 0.1) is 0 Å². The van der Waals surface area contributed by atoms with Gasteiger partial charge >= 0.3 is 0 Å². The lowest BCUT2D eigenvalue weighted by Crippen LogP contribution is -2.23. The zero-order chi connectivity index (χ0) is 18.2. The maximum absolute atomic E-state index is 6.02. The highest BCUT2D eigenvalue weighted by molar-refractivity contribution is 7.16. The van der Waals surface area contributed by atoms with Gasteiger partial charge in [0.15, 0.2) is 28.4 Å². The third-order valence-corrected chi connectivity index (χ3v) is 5.11. The molecule has 0 unspecified atom stereocenters. The Morgan fingerprint density at radius 2 is 1.93 bits per heavy atom. The third kappa shape index (κ3) is 3.08. The minimum absolute atomic E-state index is 0.358. The normalized spacial score (nSPS) is 15.8. The topological polar surface area (TPSA) is 70.8 Å². The number of hydrogen-bond donors (Lipinski definition) is 0. The number of ether oxygens (including phenoxy) is 3. The van der Waals surface area contributed by atoms with E-state index in [2.05, 4.69) is 15.3 Å². The predicted octanol–water partition coefficient (Wildman–Crippen LogP) is 3.59. The zero-order valence-electron chi connectivity index (χ0n) is 14.5. The molecule has 0 radical (unpaired) electrons. The first-order valence-corrected chi connectivity index (χ1v) is 9.37. The first kappa shape index (κ1) is 16.1. The van der Waals surface area contributed by atoms with Crippen LogP contribution in [0.2, 0.25) is 0 Å². The van der Waals surface area contributed by atoms with Crippen LogP contribution >= 0.6 is 11.3 Å². The van der Waals surface area contributed by atoms with Gasteiger partial charge in [-0.2, -0.15) is 9.61 Å². The monoisotopic (exact) mass is 380 g/mol. The molecule has 3 heterocycles. The van der Waals surface area contributed by atoms with Crippen LogP contribution in [-0.2, 0) is 6.61 Å². The van der Waals surface area contributed by atoms with Crippen molar-refractivity contribution in [2.45, 2.75) is 19.6 Å². The summed E-state index contributed by atoms with van der Waals surface area (Å²) in [5.41, 5.74) is 1.20. The van der Waals surface area contributed by atoms with Gasteiger partial charge in [-0.1, -0.05) is 41.2 Å². The Kier molecular flexibility index (Phi) is 3.90. The average molecular weight is 380 g/mol. The van der Waals surface area contributed by atoms with Crippen LogP contribution in [0.3, 0.4) is 0 Å². The molecule has 27 heavy (non-hydrogen) atoms. The Labute approximate surface area is 159 Å². The number of rotatable bonds is 4. The molecule has 1 atom stereocenters. The lowest BCUT2D eigenvalue weighted by molar-refractivity contribution is 0.0835. The molecule has 1 aliphatic heterocycles. The molecule has 7 nitrogen and oxygen atoms in total. The number of para-hydroxylation sites is 2. The van der Waals surface area contributed by atoms with Gasteiger partial charge in [0.2, 0.25) is 4.96 Å². The minimum Gasteiger partial charge on any atom is -0.486 e. The first-order chi connectivity index (χ1) is 13.3. The number of nitrogens with zero attached hydrogens (tertiary/aromatic N) is 4. The highest BCUT2D eigenvalue weighted by atomic mass is 32.1. The molecule has 2 aromatic heterocycles. The lowest BCUT2D eigenvalue weighted by atomic mass is 10.2. The van der Waals surface area contributed by atoms with E-state index in [9.17, 15) is 0 Å². The van der Waals surface area contributed by atoms with Gasteiger partial charge in [-0.3, -0.25) is 0 Å². The maximum Gasteiger partial charge on any atom is 0.234 e. The Morgan fingerprint density at radius 3 is 2.78 bits per heavy atom. The summed E-state index contributed by atoms with van der Waals surface area (Å²) in [5, 5.41) is 13.9. The lowest BCUT2D eigenvalue weighted by Gasteiger charge is -2.24. The summed E-state index contributed by atoms with van der Waals surface area (Å²) in [4.78, 5) is 0.704. The van der Waals surface area contributed by atoms with Gasteiger partial charge in [0.25, 0.3) is 0 Å². The molecule has 0 N–H and O–H groups in total. The molecule has 8 heteroatoms.